The lowest BCUT2D eigenvalue weighted by atomic mass is 9.99. The van der Waals surface area contributed by atoms with Crippen LogP contribution in [0.1, 0.15) is 23.6 Å². The van der Waals surface area contributed by atoms with Crippen molar-refractivity contribution in [2.24, 2.45) is 5.10 Å². The zero-order valence-corrected chi connectivity index (χ0v) is 11.4. The van der Waals surface area contributed by atoms with Crippen molar-refractivity contribution in [1.82, 2.24) is 5.43 Å². The predicted molar refractivity (Wildman–Crippen MR) is 77.6 cm³/mol. The van der Waals surface area contributed by atoms with Crippen LogP contribution >= 0.6 is 15.9 Å². The van der Waals surface area contributed by atoms with Crippen molar-refractivity contribution in [3.05, 3.63) is 70.2 Å². The monoisotopic (exact) mass is 300 g/mol. The molecule has 2 aromatic rings. The lowest BCUT2D eigenvalue weighted by molar-refractivity contribution is 0.617. The Morgan fingerprint density at radius 2 is 1.72 bits per heavy atom. The molecule has 18 heavy (non-hydrogen) atoms. The first-order chi connectivity index (χ1) is 8.84. The van der Waals surface area contributed by atoms with Crippen LogP contribution in [0.25, 0.3) is 0 Å². The van der Waals surface area contributed by atoms with Gasteiger partial charge in [-0.3, -0.25) is 0 Å². The van der Waals surface area contributed by atoms with Gasteiger partial charge in [-0.05, 0) is 17.2 Å². The van der Waals surface area contributed by atoms with E-state index < -0.39 is 0 Å². The number of halogens is 1. The van der Waals surface area contributed by atoms with Crippen LogP contribution in [0.3, 0.4) is 0 Å². The van der Waals surface area contributed by atoms with Crippen molar-refractivity contribution in [3.8, 4) is 0 Å². The second-order valence-corrected chi connectivity index (χ2v) is 5.19. The molecule has 0 saturated heterocycles. The Balaban J connectivity index is 1.81. The molecular weight excluding hydrogens is 288 g/mol. The summed E-state index contributed by atoms with van der Waals surface area (Å²) in [4.78, 5) is 0. The number of nitrogens with zero attached hydrogens (tertiary/aromatic N) is 1. The van der Waals surface area contributed by atoms with Crippen molar-refractivity contribution in [1.29, 1.82) is 0 Å². The molecular formula is C15H13BrN2. The molecule has 0 bridgehead atoms. The first-order valence-corrected chi connectivity index (χ1v) is 6.76. The zero-order valence-electron chi connectivity index (χ0n) is 9.81. The Morgan fingerprint density at radius 3 is 2.50 bits per heavy atom. The van der Waals surface area contributed by atoms with Gasteiger partial charge >= 0.3 is 0 Å². The molecule has 3 heteroatoms. The molecule has 0 aliphatic carbocycles. The molecule has 2 aromatic carbocycles. The lowest BCUT2D eigenvalue weighted by Gasteiger charge is -2.11. The summed E-state index contributed by atoms with van der Waals surface area (Å²) >= 11 is 3.59. The largest absolute Gasteiger partial charge is 0.302 e. The van der Waals surface area contributed by atoms with Gasteiger partial charge in [-0.1, -0.05) is 64.5 Å². The number of hydrogen-bond donors (Lipinski definition) is 1. The fraction of sp³-hybridized carbons (Fsp3) is 0.133. The fourth-order valence-electron chi connectivity index (χ4n) is 2.19. The molecule has 1 unspecified atom stereocenters. The van der Waals surface area contributed by atoms with Gasteiger partial charge < -0.3 is 5.43 Å². The minimum Gasteiger partial charge on any atom is -0.302 e. The maximum absolute atomic E-state index is 4.45. The van der Waals surface area contributed by atoms with E-state index in [1.807, 2.05) is 24.3 Å². The standard InChI is InChI=1S/C15H13BrN2/c16-13-9-5-4-8-12(13)15-10-14(17-18-15)11-6-2-1-3-7-11/h1-9,15,18H,10H2. The molecule has 0 saturated carbocycles. The highest BCUT2D eigenvalue weighted by Gasteiger charge is 2.22. The highest BCUT2D eigenvalue weighted by atomic mass is 79.9. The van der Waals surface area contributed by atoms with Crippen LogP contribution in [-0.4, -0.2) is 5.71 Å². The van der Waals surface area contributed by atoms with E-state index in [4.69, 9.17) is 0 Å². The summed E-state index contributed by atoms with van der Waals surface area (Å²) in [5.41, 5.74) is 6.79. The maximum Gasteiger partial charge on any atom is 0.0756 e. The molecule has 3 rings (SSSR count). The Kier molecular flexibility index (Phi) is 3.15. The van der Waals surface area contributed by atoms with Crippen molar-refractivity contribution >= 4 is 21.6 Å². The van der Waals surface area contributed by atoms with Crippen molar-refractivity contribution in [2.45, 2.75) is 12.5 Å². The van der Waals surface area contributed by atoms with Crippen LogP contribution in [0.15, 0.2) is 64.2 Å². The zero-order chi connectivity index (χ0) is 12.4. The van der Waals surface area contributed by atoms with Gasteiger partial charge in [0, 0.05) is 10.9 Å². The lowest BCUT2D eigenvalue weighted by Crippen LogP contribution is -2.10. The minimum atomic E-state index is 0.260. The number of hydrazone groups is 1. The van der Waals surface area contributed by atoms with E-state index >= 15 is 0 Å². The topological polar surface area (TPSA) is 24.4 Å². The van der Waals surface area contributed by atoms with E-state index in [0.717, 1.165) is 16.6 Å². The van der Waals surface area contributed by atoms with Gasteiger partial charge in [-0.25, -0.2) is 0 Å². The normalized spacial score (nSPS) is 18.3. The summed E-state index contributed by atoms with van der Waals surface area (Å²) in [5, 5.41) is 4.45. The van der Waals surface area contributed by atoms with E-state index in [1.54, 1.807) is 0 Å². The second kappa shape index (κ2) is 4.94. The summed E-state index contributed by atoms with van der Waals surface area (Å²) in [5.74, 6) is 0. The fourth-order valence-corrected chi connectivity index (χ4v) is 2.75. The molecule has 0 radical (unpaired) electrons. The number of benzene rings is 2. The molecule has 1 heterocycles. The third-order valence-electron chi connectivity index (χ3n) is 3.14. The van der Waals surface area contributed by atoms with Crippen LogP contribution in [-0.2, 0) is 0 Å². The Hall–Kier alpha value is -1.61. The first kappa shape index (κ1) is 11.5. The highest BCUT2D eigenvalue weighted by molar-refractivity contribution is 9.10. The van der Waals surface area contributed by atoms with E-state index in [-0.39, 0.29) is 6.04 Å². The molecule has 90 valence electrons. The summed E-state index contributed by atoms with van der Waals surface area (Å²) in [6.45, 7) is 0. The third-order valence-corrected chi connectivity index (χ3v) is 3.86. The third kappa shape index (κ3) is 2.18. The molecule has 0 fully saturated rings. The summed E-state index contributed by atoms with van der Waals surface area (Å²) in [6, 6.07) is 18.9. The molecule has 1 aliphatic heterocycles. The first-order valence-electron chi connectivity index (χ1n) is 5.96. The Bertz CT molecular complexity index is 578. The smallest absolute Gasteiger partial charge is 0.0756 e. The van der Waals surface area contributed by atoms with Gasteiger partial charge in [-0.15, -0.1) is 0 Å². The average molecular weight is 301 g/mol. The van der Waals surface area contributed by atoms with E-state index in [1.165, 1.54) is 11.1 Å². The van der Waals surface area contributed by atoms with Gasteiger partial charge in [0.2, 0.25) is 0 Å². The van der Waals surface area contributed by atoms with Gasteiger partial charge in [0.1, 0.15) is 0 Å². The SMILES string of the molecule is Brc1ccccc1C1CC(c2ccccc2)=NN1. The van der Waals surface area contributed by atoms with Crippen LogP contribution in [0.5, 0.6) is 0 Å². The highest BCUT2D eigenvalue weighted by Crippen LogP contribution is 2.29. The van der Waals surface area contributed by atoms with Crippen molar-refractivity contribution < 1.29 is 0 Å². The van der Waals surface area contributed by atoms with Gasteiger partial charge in [0.05, 0.1) is 11.8 Å². The second-order valence-electron chi connectivity index (χ2n) is 4.33. The average Bonchev–Trinajstić information content (AvgIpc) is 2.90. The molecule has 0 spiro atoms. The van der Waals surface area contributed by atoms with Gasteiger partial charge in [0.25, 0.3) is 0 Å². The van der Waals surface area contributed by atoms with Crippen molar-refractivity contribution in [3.63, 3.8) is 0 Å². The van der Waals surface area contributed by atoms with Gasteiger partial charge in [-0.2, -0.15) is 5.10 Å². The molecule has 0 aromatic heterocycles. The molecule has 1 atom stereocenters. The number of rotatable bonds is 2. The maximum atomic E-state index is 4.45. The van der Waals surface area contributed by atoms with Crippen LogP contribution in [0.4, 0.5) is 0 Å². The van der Waals surface area contributed by atoms with E-state index in [0.29, 0.717) is 0 Å². The Morgan fingerprint density at radius 1 is 1.00 bits per heavy atom. The van der Waals surface area contributed by atoms with Gasteiger partial charge in [0.15, 0.2) is 0 Å². The Labute approximate surface area is 115 Å². The number of nitrogens with one attached hydrogen (secondary N) is 1. The summed E-state index contributed by atoms with van der Waals surface area (Å²) in [6.07, 6.45) is 0.923. The van der Waals surface area contributed by atoms with Crippen LogP contribution in [0, 0.1) is 0 Å². The number of hydrogen-bond acceptors (Lipinski definition) is 2. The summed E-state index contributed by atoms with van der Waals surface area (Å²) in [7, 11) is 0. The molecule has 2 nitrogen and oxygen atoms in total. The molecule has 0 amide bonds. The van der Waals surface area contributed by atoms with Crippen LogP contribution < -0.4 is 5.43 Å². The van der Waals surface area contributed by atoms with Crippen molar-refractivity contribution in [2.75, 3.05) is 0 Å². The van der Waals surface area contributed by atoms with E-state index in [2.05, 4.69) is 56.8 Å². The molecule has 1 aliphatic rings. The predicted octanol–water partition coefficient (Wildman–Crippen LogP) is 3.89. The van der Waals surface area contributed by atoms with Crippen LogP contribution in [0.2, 0.25) is 0 Å². The van der Waals surface area contributed by atoms with E-state index in [9.17, 15) is 0 Å². The quantitative estimate of drug-likeness (QED) is 0.894. The molecule has 1 N–H and O–H groups in total. The summed E-state index contributed by atoms with van der Waals surface area (Å²) < 4.78 is 1.13. The minimum absolute atomic E-state index is 0.260.